The van der Waals surface area contributed by atoms with Crippen LogP contribution in [0.5, 0.6) is 0 Å². The number of halogens is 6. The van der Waals surface area contributed by atoms with E-state index < -0.39 is 11.6 Å². The SMILES string of the molecule is Fc1ccc(-c2cc(-c3ccc(F)cc3)cc(N(c3cccc(F)c3)c3ccc4ccc5c(N(c6cccc(F)c6)c6cc(-c7ccc(F)cc7)cc(-c7ccc(F)cc7)c6)ccc6ccc3c4c65)c2)cc1. The fourth-order valence-corrected chi connectivity index (χ4v) is 9.96. The molecule has 2 nitrogen and oxygen atoms in total. The molecule has 8 heteroatoms. The number of benzene rings is 12. The third-order valence-electron chi connectivity index (χ3n) is 13.3. The third kappa shape index (κ3) is 8.22. The Morgan fingerprint density at radius 1 is 0.222 bits per heavy atom. The van der Waals surface area contributed by atoms with Crippen LogP contribution in [-0.2, 0) is 0 Å². The second kappa shape index (κ2) is 18.0. The van der Waals surface area contributed by atoms with Crippen molar-refractivity contribution >= 4 is 66.4 Å². The first-order valence-corrected chi connectivity index (χ1v) is 23.3. The molecule has 0 fully saturated rings. The van der Waals surface area contributed by atoms with Gasteiger partial charge in [-0.3, -0.25) is 0 Å². The van der Waals surface area contributed by atoms with E-state index in [0.717, 1.165) is 88.2 Å². The van der Waals surface area contributed by atoms with E-state index in [4.69, 9.17) is 0 Å². The summed E-state index contributed by atoms with van der Waals surface area (Å²) in [6.07, 6.45) is 0. The van der Waals surface area contributed by atoms with Crippen molar-refractivity contribution in [3.63, 3.8) is 0 Å². The van der Waals surface area contributed by atoms with Crippen molar-refractivity contribution in [3.05, 3.63) is 265 Å². The second-order valence-electron chi connectivity index (χ2n) is 17.8. The Bertz CT molecular complexity index is 3600. The summed E-state index contributed by atoms with van der Waals surface area (Å²) < 4.78 is 88.3. The molecule has 12 aromatic rings. The van der Waals surface area contributed by atoms with E-state index >= 15 is 8.78 Å². The monoisotopic (exact) mass is 948 g/mol. The van der Waals surface area contributed by atoms with Crippen LogP contribution >= 0.6 is 0 Å². The highest BCUT2D eigenvalue weighted by Gasteiger charge is 2.24. The van der Waals surface area contributed by atoms with Gasteiger partial charge in [-0.05, 0) is 200 Å². The second-order valence-corrected chi connectivity index (χ2v) is 17.8. The minimum atomic E-state index is -0.433. The fraction of sp³-hybridized carbons (Fsp3) is 0. The fourth-order valence-electron chi connectivity index (χ4n) is 9.96. The lowest BCUT2D eigenvalue weighted by atomic mass is 9.91. The summed E-state index contributed by atoms with van der Waals surface area (Å²) in [5.41, 5.74) is 9.97. The molecule has 0 aliphatic heterocycles. The first kappa shape index (κ1) is 44.1. The largest absolute Gasteiger partial charge is 0.310 e. The quantitative estimate of drug-likeness (QED) is 0.0996. The van der Waals surface area contributed by atoms with Crippen molar-refractivity contribution in [1.82, 2.24) is 0 Å². The molecule has 0 heterocycles. The molecule has 0 saturated carbocycles. The minimum absolute atomic E-state index is 0.376. The van der Waals surface area contributed by atoms with E-state index in [2.05, 4.69) is 24.3 Å². The van der Waals surface area contributed by atoms with Crippen molar-refractivity contribution < 1.29 is 26.3 Å². The lowest BCUT2D eigenvalue weighted by Crippen LogP contribution is -2.12. The predicted molar refractivity (Wildman–Crippen MR) is 281 cm³/mol. The summed E-state index contributed by atoms with van der Waals surface area (Å²) >= 11 is 0. The van der Waals surface area contributed by atoms with Gasteiger partial charge in [0.1, 0.15) is 34.9 Å². The molecule has 0 radical (unpaired) electrons. The number of hydrogen-bond donors (Lipinski definition) is 0. The van der Waals surface area contributed by atoms with Crippen LogP contribution in [0.15, 0.2) is 231 Å². The first-order chi connectivity index (χ1) is 35.1. The van der Waals surface area contributed by atoms with Gasteiger partial charge in [0.2, 0.25) is 0 Å². The summed E-state index contributed by atoms with van der Waals surface area (Å²) in [4.78, 5) is 4.01. The van der Waals surface area contributed by atoms with Crippen LogP contribution in [-0.4, -0.2) is 0 Å². The Kier molecular flexibility index (Phi) is 11.0. The van der Waals surface area contributed by atoms with E-state index in [1.54, 1.807) is 60.7 Å². The van der Waals surface area contributed by atoms with Gasteiger partial charge in [0.05, 0.1) is 11.4 Å². The highest BCUT2D eigenvalue weighted by molar-refractivity contribution is 6.28. The van der Waals surface area contributed by atoms with Gasteiger partial charge in [-0.25, -0.2) is 26.3 Å². The number of rotatable bonds is 10. The van der Waals surface area contributed by atoms with E-state index in [9.17, 15) is 17.6 Å². The maximum Gasteiger partial charge on any atom is 0.125 e. The molecule has 0 aliphatic rings. The summed E-state index contributed by atoms with van der Waals surface area (Å²) in [6, 6.07) is 66.0. The predicted octanol–water partition coefficient (Wildman–Crippen LogP) is 19.0. The maximum atomic E-state index is 15.5. The molecule has 0 N–H and O–H groups in total. The number of nitrogens with zero attached hydrogens (tertiary/aromatic N) is 2. The first-order valence-electron chi connectivity index (χ1n) is 23.3. The molecule has 0 unspecified atom stereocenters. The molecule has 0 aliphatic carbocycles. The molecule has 0 atom stereocenters. The average molecular weight is 949 g/mol. The van der Waals surface area contributed by atoms with Gasteiger partial charge in [0.25, 0.3) is 0 Å². The maximum absolute atomic E-state index is 15.5. The van der Waals surface area contributed by atoms with Crippen molar-refractivity contribution in [2.45, 2.75) is 0 Å². The topological polar surface area (TPSA) is 6.48 Å². The summed E-state index contributed by atoms with van der Waals surface area (Å²) in [5, 5.41) is 5.48. The van der Waals surface area contributed by atoms with Crippen LogP contribution in [0, 0.1) is 34.9 Å². The Hall–Kier alpha value is -9.14. The van der Waals surface area contributed by atoms with Crippen LogP contribution in [0.1, 0.15) is 0 Å². The molecule has 72 heavy (non-hydrogen) atoms. The van der Waals surface area contributed by atoms with Crippen molar-refractivity contribution in [1.29, 1.82) is 0 Å². The van der Waals surface area contributed by atoms with E-state index in [1.165, 1.54) is 72.8 Å². The Labute approximate surface area is 410 Å². The smallest absolute Gasteiger partial charge is 0.125 e. The molecule has 0 aromatic heterocycles. The standard InChI is InChI=1S/C64H38F6N2/c65-49-19-7-39(8-20-49)45-31-46(40-9-21-50(66)22-10-40)34-57(33-45)71(55-5-1-3-53(69)37-55)61-29-17-43-16-28-60-62(30-18-44-15-27-59(61)63(43)64(44)60)72(56-6-2-4-54(70)38-56)58-35-47(41-11-23-51(67)24-12-41)32-48(36-58)42-13-25-52(68)26-14-42/h1-38H. The van der Waals surface area contributed by atoms with Crippen LogP contribution < -0.4 is 9.80 Å². The molecule has 12 aromatic carbocycles. The van der Waals surface area contributed by atoms with Crippen LogP contribution in [0.25, 0.3) is 76.8 Å². The van der Waals surface area contributed by atoms with Crippen molar-refractivity contribution in [3.8, 4) is 44.5 Å². The normalized spacial score (nSPS) is 11.5. The van der Waals surface area contributed by atoms with Gasteiger partial charge in [-0.1, -0.05) is 97.1 Å². The average Bonchev–Trinajstić information content (AvgIpc) is 3.39. The summed E-state index contributed by atoms with van der Waals surface area (Å²) in [5.74, 6) is -2.37. The molecular weight excluding hydrogens is 911 g/mol. The van der Waals surface area contributed by atoms with Crippen molar-refractivity contribution in [2.75, 3.05) is 9.80 Å². The molecule has 0 spiro atoms. The minimum Gasteiger partial charge on any atom is -0.310 e. The third-order valence-corrected chi connectivity index (χ3v) is 13.3. The van der Waals surface area contributed by atoms with Gasteiger partial charge in [-0.15, -0.1) is 0 Å². The highest BCUT2D eigenvalue weighted by Crippen LogP contribution is 2.49. The molecule has 0 saturated heterocycles. The van der Waals surface area contributed by atoms with E-state index in [0.29, 0.717) is 22.7 Å². The van der Waals surface area contributed by atoms with Gasteiger partial charge in [-0.2, -0.15) is 0 Å². The zero-order valence-corrected chi connectivity index (χ0v) is 38.1. The lowest BCUT2D eigenvalue weighted by molar-refractivity contribution is 0.627. The zero-order valence-electron chi connectivity index (χ0n) is 38.1. The Morgan fingerprint density at radius 2 is 0.528 bits per heavy atom. The van der Waals surface area contributed by atoms with Gasteiger partial charge in [0.15, 0.2) is 0 Å². The van der Waals surface area contributed by atoms with E-state index in [-0.39, 0.29) is 23.3 Å². The lowest BCUT2D eigenvalue weighted by Gasteiger charge is -2.30. The Morgan fingerprint density at radius 3 is 0.833 bits per heavy atom. The molecule has 0 bridgehead atoms. The van der Waals surface area contributed by atoms with Crippen LogP contribution in [0.3, 0.4) is 0 Å². The van der Waals surface area contributed by atoms with Crippen LogP contribution in [0.4, 0.5) is 60.5 Å². The molecule has 0 amide bonds. The number of anilines is 6. The van der Waals surface area contributed by atoms with Gasteiger partial charge < -0.3 is 9.80 Å². The highest BCUT2D eigenvalue weighted by atomic mass is 19.1. The van der Waals surface area contributed by atoms with Gasteiger partial charge >= 0.3 is 0 Å². The molecule has 346 valence electrons. The van der Waals surface area contributed by atoms with Gasteiger partial charge in [0, 0.05) is 33.5 Å². The molecule has 12 rings (SSSR count). The molecular formula is C64H38F6N2. The summed E-state index contributed by atoms with van der Waals surface area (Å²) in [6.45, 7) is 0. The number of hydrogen-bond acceptors (Lipinski definition) is 2. The van der Waals surface area contributed by atoms with Crippen LogP contribution in [0.2, 0.25) is 0 Å². The van der Waals surface area contributed by atoms with E-state index in [1.807, 2.05) is 82.6 Å². The zero-order chi connectivity index (χ0) is 49.0. The summed E-state index contributed by atoms with van der Waals surface area (Å²) in [7, 11) is 0. The Balaban J connectivity index is 1.10. The van der Waals surface area contributed by atoms with Crippen molar-refractivity contribution in [2.24, 2.45) is 0 Å².